The normalized spacial score (nSPS) is 14.1. The van der Waals surface area contributed by atoms with Gasteiger partial charge in [-0.25, -0.2) is 0 Å². The van der Waals surface area contributed by atoms with Gasteiger partial charge in [0, 0.05) is 0 Å². The van der Waals surface area contributed by atoms with Crippen LogP contribution in [0.2, 0.25) is 0 Å². The molecule has 0 radical (unpaired) electrons. The van der Waals surface area contributed by atoms with Gasteiger partial charge in [0.15, 0.2) is 6.29 Å². The topological polar surface area (TPSA) is 57.2 Å². The number of rotatable bonds is 14. The standard InChI is InChI=1S/C27H32O5/c1-27(32-21-25-15-9-4-10-16-25,22-30-20-24-13-7-3-8-14-24)26(28)31-18-17-29-19-23-11-5-2-6-12-23/h2-16,26,28H,17-22H2,1H3/t26?,27-/m1/s1. The maximum atomic E-state index is 10.8. The zero-order valence-electron chi connectivity index (χ0n) is 18.6. The molecule has 0 bridgehead atoms. The van der Waals surface area contributed by atoms with Gasteiger partial charge in [0.05, 0.1) is 39.6 Å². The van der Waals surface area contributed by atoms with Gasteiger partial charge in [0.1, 0.15) is 5.60 Å². The molecule has 0 aliphatic heterocycles. The minimum atomic E-state index is -1.16. The van der Waals surface area contributed by atoms with Crippen LogP contribution in [0.3, 0.4) is 0 Å². The van der Waals surface area contributed by atoms with Crippen LogP contribution >= 0.6 is 0 Å². The van der Waals surface area contributed by atoms with Crippen molar-refractivity contribution < 1.29 is 24.1 Å². The van der Waals surface area contributed by atoms with Crippen molar-refractivity contribution >= 4 is 0 Å². The summed E-state index contributed by atoms with van der Waals surface area (Å²) in [5.41, 5.74) is 2.13. The summed E-state index contributed by atoms with van der Waals surface area (Å²) >= 11 is 0. The molecular formula is C27H32O5. The van der Waals surface area contributed by atoms with E-state index >= 15 is 0 Å². The van der Waals surface area contributed by atoms with Crippen molar-refractivity contribution in [2.75, 3.05) is 19.8 Å². The third-order valence-corrected chi connectivity index (χ3v) is 5.05. The van der Waals surface area contributed by atoms with Crippen LogP contribution in [0.25, 0.3) is 0 Å². The second-order valence-electron chi connectivity index (χ2n) is 7.83. The summed E-state index contributed by atoms with van der Waals surface area (Å²) in [4.78, 5) is 0. The minimum Gasteiger partial charge on any atom is -0.374 e. The predicted octanol–water partition coefficient (Wildman–Crippen LogP) is 4.73. The molecule has 0 saturated carbocycles. The van der Waals surface area contributed by atoms with E-state index in [1.54, 1.807) is 6.92 Å². The summed E-state index contributed by atoms with van der Waals surface area (Å²) < 4.78 is 23.3. The van der Waals surface area contributed by atoms with Gasteiger partial charge in [0.2, 0.25) is 0 Å². The first kappa shape index (κ1) is 24.1. The van der Waals surface area contributed by atoms with Gasteiger partial charge in [0.25, 0.3) is 0 Å². The van der Waals surface area contributed by atoms with E-state index in [4.69, 9.17) is 18.9 Å². The zero-order chi connectivity index (χ0) is 22.5. The number of aliphatic hydroxyl groups is 1. The Morgan fingerprint density at radius 2 is 1.12 bits per heavy atom. The molecular weight excluding hydrogens is 404 g/mol. The summed E-state index contributed by atoms with van der Waals surface area (Å²) in [5.74, 6) is 0. The van der Waals surface area contributed by atoms with Gasteiger partial charge in [-0.15, -0.1) is 0 Å². The highest BCUT2D eigenvalue weighted by Gasteiger charge is 2.36. The fraction of sp³-hybridized carbons (Fsp3) is 0.333. The first-order valence-electron chi connectivity index (χ1n) is 10.9. The Hall–Kier alpha value is -2.54. The van der Waals surface area contributed by atoms with Crippen molar-refractivity contribution in [2.24, 2.45) is 0 Å². The Kier molecular flexibility index (Phi) is 9.88. The van der Waals surface area contributed by atoms with Gasteiger partial charge in [-0.3, -0.25) is 0 Å². The second kappa shape index (κ2) is 13.1. The number of benzene rings is 3. The lowest BCUT2D eigenvalue weighted by Crippen LogP contribution is -2.48. The van der Waals surface area contributed by atoms with Crippen LogP contribution < -0.4 is 0 Å². The molecule has 0 heterocycles. The average molecular weight is 437 g/mol. The lowest BCUT2D eigenvalue weighted by atomic mass is 10.1. The molecule has 0 spiro atoms. The van der Waals surface area contributed by atoms with Gasteiger partial charge in [-0.2, -0.15) is 0 Å². The Balaban J connectivity index is 1.49. The Morgan fingerprint density at radius 3 is 1.66 bits per heavy atom. The van der Waals surface area contributed by atoms with E-state index in [0.717, 1.165) is 16.7 Å². The Labute approximate surface area is 190 Å². The fourth-order valence-electron chi connectivity index (χ4n) is 3.11. The van der Waals surface area contributed by atoms with Crippen LogP contribution in [0.1, 0.15) is 23.6 Å². The summed E-state index contributed by atoms with van der Waals surface area (Å²) in [6.45, 7) is 3.87. The molecule has 3 aromatic carbocycles. The molecule has 0 aliphatic carbocycles. The first-order valence-corrected chi connectivity index (χ1v) is 10.9. The zero-order valence-corrected chi connectivity index (χ0v) is 18.6. The van der Waals surface area contributed by atoms with E-state index in [-0.39, 0.29) is 13.2 Å². The number of aliphatic hydroxyl groups excluding tert-OH is 1. The van der Waals surface area contributed by atoms with E-state index in [1.165, 1.54) is 0 Å². The Bertz CT molecular complexity index is 872. The summed E-state index contributed by atoms with van der Waals surface area (Å²) in [7, 11) is 0. The van der Waals surface area contributed by atoms with Crippen molar-refractivity contribution in [3.63, 3.8) is 0 Å². The predicted molar refractivity (Wildman–Crippen MR) is 124 cm³/mol. The third kappa shape index (κ3) is 8.19. The molecule has 3 aromatic rings. The van der Waals surface area contributed by atoms with Gasteiger partial charge >= 0.3 is 0 Å². The smallest absolute Gasteiger partial charge is 0.186 e. The van der Waals surface area contributed by atoms with Gasteiger partial charge < -0.3 is 24.1 Å². The van der Waals surface area contributed by atoms with E-state index in [2.05, 4.69) is 0 Å². The van der Waals surface area contributed by atoms with Crippen LogP contribution in [-0.4, -0.2) is 36.8 Å². The minimum absolute atomic E-state index is 0.181. The Morgan fingerprint density at radius 1 is 0.656 bits per heavy atom. The van der Waals surface area contributed by atoms with Crippen LogP contribution in [0, 0.1) is 0 Å². The molecule has 1 unspecified atom stereocenters. The number of hydrogen-bond acceptors (Lipinski definition) is 5. The highest BCUT2D eigenvalue weighted by atomic mass is 16.7. The molecule has 5 heteroatoms. The largest absolute Gasteiger partial charge is 0.374 e. The van der Waals surface area contributed by atoms with Crippen molar-refractivity contribution in [1.29, 1.82) is 0 Å². The van der Waals surface area contributed by atoms with E-state index in [9.17, 15) is 5.11 Å². The lowest BCUT2D eigenvalue weighted by Gasteiger charge is -2.34. The van der Waals surface area contributed by atoms with Crippen LogP contribution in [0.5, 0.6) is 0 Å². The summed E-state index contributed by atoms with van der Waals surface area (Å²) in [6, 6.07) is 29.7. The quantitative estimate of drug-likeness (QED) is 0.292. The SMILES string of the molecule is C[C@](COCc1ccccc1)(OCc1ccccc1)C(O)OCCOCc1ccccc1. The number of hydrogen-bond donors (Lipinski definition) is 1. The molecule has 5 nitrogen and oxygen atoms in total. The first-order chi connectivity index (χ1) is 15.7. The van der Waals surface area contributed by atoms with Crippen molar-refractivity contribution in [2.45, 2.75) is 38.6 Å². The van der Waals surface area contributed by atoms with Gasteiger partial charge in [-0.05, 0) is 23.6 Å². The van der Waals surface area contributed by atoms with Crippen molar-refractivity contribution in [1.82, 2.24) is 0 Å². The van der Waals surface area contributed by atoms with Crippen LogP contribution in [-0.2, 0) is 38.8 Å². The summed E-state index contributed by atoms with van der Waals surface area (Å²) in [5, 5.41) is 10.8. The molecule has 0 saturated heterocycles. The molecule has 170 valence electrons. The summed E-state index contributed by atoms with van der Waals surface area (Å²) in [6.07, 6.45) is -1.16. The molecule has 1 N–H and O–H groups in total. The van der Waals surface area contributed by atoms with E-state index in [1.807, 2.05) is 91.0 Å². The highest BCUT2D eigenvalue weighted by Crippen LogP contribution is 2.21. The maximum absolute atomic E-state index is 10.8. The third-order valence-electron chi connectivity index (χ3n) is 5.05. The molecule has 0 amide bonds. The molecule has 32 heavy (non-hydrogen) atoms. The van der Waals surface area contributed by atoms with Crippen molar-refractivity contribution in [3.05, 3.63) is 108 Å². The lowest BCUT2D eigenvalue weighted by molar-refractivity contribution is -0.250. The van der Waals surface area contributed by atoms with Crippen molar-refractivity contribution in [3.8, 4) is 0 Å². The van der Waals surface area contributed by atoms with Gasteiger partial charge in [-0.1, -0.05) is 91.0 Å². The highest BCUT2D eigenvalue weighted by molar-refractivity contribution is 5.15. The number of ether oxygens (including phenoxy) is 4. The molecule has 0 aliphatic rings. The molecule has 2 atom stereocenters. The second-order valence-corrected chi connectivity index (χ2v) is 7.83. The van der Waals surface area contributed by atoms with E-state index in [0.29, 0.717) is 26.4 Å². The van der Waals surface area contributed by atoms with E-state index < -0.39 is 11.9 Å². The molecule has 3 rings (SSSR count). The fourth-order valence-corrected chi connectivity index (χ4v) is 3.11. The van der Waals surface area contributed by atoms with Crippen LogP contribution in [0.4, 0.5) is 0 Å². The van der Waals surface area contributed by atoms with Crippen LogP contribution in [0.15, 0.2) is 91.0 Å². The molecule has 0 aromatic heterocycles. The molecule has 0 fully saturated rings. The average Bonchev–Trinajstić information content (AvgIpc) is 2.84. The maximum Gasteiger partial charge on any atom is 0.186 e. The monoisotopic (exact) mass is 436 g/mol.